The lowest BCUT2D eigenvalue weighted by Gasteiger charge is -2.27. The molecule has 0 aromatic carbocycles. The summed E-state index contributed by atoms with van der Waals surface area (Å²) in [4.78, 5) is 12.6. The molecule has 2 rings (SSSR count). The Morgan fingerprint density at radius 3 is 3.06 bits per heavy atom. The van der Waals surface area contributed by atoms with Gasteiger partial charge in [0.1, 0.15) is 0 Å². The maximum absolute atomic E-state index is 11.9. The molecular formula is C11H14BrNO2S. The van der Waals surface area contributed by atoms with Crippen molar-refractivity contribution >= 4 is 33.2 Å². The van der Waals surface area contributed by atoms with Crippen LogP contribution in [0.5, 0.6) is 0 Å². The Kier molecular flexibility index (Phi) is 4.00. The van der Waals surface area contributed by atoms with Crippen LogP contribution in [0.1, 0.15) is 29.4 Å². The van der Waals surface area contributed by atoms with Crippen LogP contribution < -0.4 is 5.32 Å². The standard InChI is InChI=1S/C11H14BrNO2S/c1-7-6-8(4-5-15-7)13-11(14)9-2-3-10(12)16-9/h2-3,7-8H,4-6H2,1H3,(H,13,14). The Morgan fingerprint density at radius 2 is 2.44 bits per heavy atom. The molecule has 1 aliphatic heterocycles. The van der Waals surface area contributed by atoms with E-state index < -0.39 is 0 Å². The fourth-order valence-corrected chi connectivity index (χ4v) is 3.11. The van der Waals surface area contributed by atoms with Crippen LogP contribution in [0.4, 0.5) is 0 Å². The average molecular weight is 304 g/mol. The molecule has 0 bridgehead atoms. The van der Waals surface area contributed by atoms with E-state index >= 15 is 0 Å². The Hall–Kier alpha value is -0.390. The second-order valence-corrected chi connectivity index (χ2v) is 6.44. The molecule has 1 aromatic rings. The zero-order chi connectivity index (χ0) is 11.5. The maximum atomic E-state index is 11.9. The molecule has 5 heteroatoms. The molecule has 1 N–H and O–H groups in total. The van der Waals surface area contributed by atoms with Crippen LogP contribution in [-0.4, -0.2) is 24.7 Å². The molecule has 1 saturated heterocycles. The fourth-order valence-electron chi connectivity index (χ4n) is 1.82. The quantitative estimate of drug-likeness (QED) is 0.912. The van der Waals surface area contributed by atoms with Gasteiger partial charge in [-0.1, -0.05) is 0 Å². The SMILES string of the molecule is CC1CC(NC(=O)c2ccc(Br)s2)CCO1. The summed E-state index contributed by atoms with van der Waals surface area (Å²) < 4.78 is 6.43. The molecule has 88 valence electrons. The van der Waals surface area contributed by atoms with Crippen molar-refractivity contribution < 1.29 is 9.53 Å². The molecule has 2 heterocycles. The van der Waals surface area contributed by atoms with Crippen molar-refractivity contribution in [3.05, 3.63) is 20.8 Å². The molecule has 3 nitrogen and oxygen atoms in total. The highest BCUT2D eigenvalue weighted by Gasteiger charge is 2.21. The highest BCUT2D eigenvalue weighted by atomic mass is 79.9. The average Bonchev–Trinajstić information content (AvgIpc) is 2.65. The van der Waals surface area contributed by atoms with Crippen LogP contribution in [-0.2, 0) is 4.74 Å². The summed E-state index contributed by atoms with van der Waals surface area (Å²) >= 11 is 4.81. The number of ether oxygens (including phenoxy) is 1. The largest absolute Gasteiger partial charge is 0.378 e. The molecule has 0 saturated carbocycles. The van der Waals surface area contributed by atoms with Crippen molar-refractivity contribution in [2.75, 3.05) is 6.61 Å². The highest BCUT2D eigenvalue weighted by molar-refractivity contribution is 9.11. The number of rotatable bonds is 2. The van der Waals surface area contributed by atoms with Crippen LogP contribution in [0.15, 0.2) is 15.9 Å². The first-order valence-corrected chi connectivity index (χ1v) is 6.94. The third kappa shape index (κ3) is 3.06. The molecule has 0 aliphatic carbocycles. The molecular weight excluding hydrogens is 290 g/mol. The van der Waals surface area contributed by atoms with Gasteiger partial charge in [0.05, 0.1) is 14.8 Å². The number of carbonyl (C=O) groups is 1. The third-order valence-electron chi connectivity index (χ3n) is 2.62. The second kappa shape index (κ2) is 5.29. The number of hydrogen-bond donors (Lipinski definition) is 1. The number of carbonyl (C=O) groups excluding carboxylic acids is 1. The number of amides is 1. The monoisotopic (exact) mass is 303 g/mol. The number of nitrogens with one attached hydrogen (secondary N) is 1. The van der Waals surface area contributed by atoms with Gasteiger partial charge < -0.3 is 10.1 Å². The Morgan fingerprint density at radius 1 is 1.62 bits per heavy atom. The summed E-state index contributed by atoms with van der Waals surface area (Å²) in [5, 5.41) is 3.05. The van der Waals surface area contributed by atoms with E-state index in [1.165, 1.54) is 11.3 Å². The molecule has 1 amide bonds. The van der Waals surface area contributed by atoms with Gasteiger partial charge in [-0.05, 0) is 47.8 Å². The number of hydrogen-bond acceptors (Lipinski definition) is 3. The summed E-state index contributed by atoms with van der Waals surface area (Å²) in [5.74, 6) is 0.0230. The normalized spacial score (nSPS) is 25.4. The fraction of sp³-hybridized carbons (Fsp3) is 0.545. The predicted octanol–water partition coefficient (Wildman–Crippen LogP) is 2.81. The van der Waals surface area contributed by atoms with Crippen LogP contribution in [0, 0.1) is 0 Å². The van der Waals surface area contributed by atoms with Crippen molar-refractivity contribution in [2.24, 2.45) is 0 Å². The van der Waals surface area contributed by atoms with Crippen molar-refractivity contribution in [1.29, 1.82) is 0 Å². The summed E-state index contributed by atoms with van der Waals surface area (Å²) in [6.07, 6.45) is 2.05. The highest BCUT2D eigenvalue weighted by Crippen LogP contribution is 2.22. The van der Waals surface area contributed by atoms with Crippen molar-refractivity contribution in [3.63, 3.8) is 0 Å². The Labute approximate surface area is 107 Å². The second-order valence-electron chi connectivity index (χ2n) is 3.98. The van der Waals surface area contributed by atoms with Gasteiger partial charge in [-0.15, -0.1) is 11.3 Å². The van der Waals surface area contributed by atoms with E-state index in [4.69, 9.17) is 4.74 Å². The van der Waals surface area contributed by atoms with Crippen LogP contribution in [0.2, 0.25) is 0 Å². The lowest BCUT2D eigenvalue weighted by Crippen LogP contribution is -2.41. The zero-order valence-corrected chi connectivity index (χ0v) is 11.4. The Bertz CT molecular complexity index is 380. The summed E-state index contributed by atoms with van der Waals surface area (Å²) in [6, 6.07) is 3.98. The van der Waals surface area contributed by atoms with E-state index in [9.17, 15) is 4.79 Å². The summed E-state index contributed by atoms with van der Waals surface area (Å²) in [5.41, 5.74) is 0. The first-order valence-electron chi connectivity index (χ1n) is 5.33. The first kappa shape index (κ1) is 12.1. The molecule has 2 atom stereocenters. The van der Waals surface area contributed by atoms with Gasteiger partial charge in [0.15, 0.2) is 0 Å². The van der Waals surface area contributed by atoms with Gasteiger partial charge in [0.25, 0.3) is 5.91 Å². The molecule has 2 unspecified atom stereocenters. The van der Waals surface area contributed by atoms with E-state index in [1.807, 2.05) is 19.1 Å². The van der Waals surface area contributed by atoms with Gasteiger partial charge in [-0.2, -0.15) is 0 Å². The van der Waals surface area contributed by atoms with Crippen molar-refractivity contribution in [3.8, 4) is 0 Å². The van der Waals surface area contributed by atoms with Gasteiger partial charge in [0.2, 0.25) is 0 Å². The Balaban J connectivity index is 1.92. The lowest BCUT2D eigenvalue weighted by molar-refractivity contribution is 0.0137. The minimum atomic E-state index is 0.0230. The van der Waals surface area contributed by atoms with E-state index in [2.05, 4.69) is 21.2 Å². The molecule has 1 aliphatic rings. The van der Waals surface area contributed by atoms with Crippen LogP contribution in [0.25, 0.3) is 0 Å². The topological polar surface area (TPSA) is 38.3 Å². The van der Waals surface area contributed by atoms with Crippen molar-refractivity contribution in [1.82, 2.24) is 5.32 Å². The predicted molar refractivity (Wildman–Crippen MR) is 67.9 cm³/mol. The van der Waals surface area contributed by atoms with Gasteiger partial charge in [-0.3, -0.25) is 4.79 Å². The minimum absolute atomic E-state index is 0.0230. The minimum Gasteiger partial charge on any atom is -0.378 e. The maximum Gasteiger partial charge on any atom is 0.261 e. The smallest absolute Gasteiger partial charge is 0.261 e. The number of halogens is 1. The lowest BCUT2D eigenvalue weighted by atomic mass is 10.0. The molecule has 0 spiro atoms. The summed E-state index contributed by atoms with van der Waals surface area (Å²) in [6.45, 7) is 2.78. The van der Waals surface area contributed by atoms with Gasteiger partial charge in [-0.25, -0.2) is 0 Å². The van der Waals surface area contributed by atoms with E-state index in [0.717, 1.165) is 28.1 Å². The van der Waals surface area contributed by atoms with Gasteiger partial charge >= 0.3 is 0 Å². The van der Waals surface area contributed by atoms with Crippen LogP contribution in [0.3, 0.4) is 0 Å². The third-order valence-corrected chi connectivity index (χ3v) is 4.24. The van der Waals surface area contributed by atoms with E-state index in [0.29, 0.717) is 0 Å². The zero-order valence-electron chi connectivity index (χ0n) is 9.03. The van der Waals surface area contributed by atoms with E-state index in [-0.39, 0.29) is 18.1 Å². The molecule has 1 aromatic heterocycles. The van der Waals surface area contributed by atoms with Crippen molar-refractivity contribution in [2.45, 2.75) is 31.9 Å². The van der Waals surface area contributed by atoms with E-state index in [1.54, 1.807) is 0 Å². The molecule has 16 heavy (non-hydrogen) atoms. The molecule has 0 radical (unpaired) electrons. The molecule has 1 fully saturated rings. The first-order chi connectivity index (χ1) is 7.65. The van der Waals surface area contributed by atoms with Gasteiger partial charge in [0, 0.05) is 12.6 Å². The summed E-state index contributed by atoms with van der Waals surface area (Å²) in [7, 11) is 0. The number of thiophene rings is 1. The van der Waals surface area contributed by atoms with Crippen LogP contribution >= 0.6 is 27.3 Å².